The highest BCUT2D eigenvalue weighted by Crippen LogP contribution is 2.17. The van der Waals surface area contributed by atoms with E-state index in [0.29, 0.717) is 17.5 Å². The molecular weight excluding hydrogens is 974 g/mol. The third kappa shape index (κ3) is 21.3. The first-order valence-corrected chi connectivity index (χ1v) is 24.9. The number of carbonyl (C=O) groups is 11. The number of amides is 9. The monoisotopic (exact) mass is 1040 g/mol. The summed E-state index contributed by atoms with van der Waals surface area (Å²) >= 11 is 1.21. The predicted molar refractivity (Wildman–Crippen MR) is 265 cm³/mol. The van der Waals surface area contributed by atoms with E-state index in [1.807, 2.05) is 0 Å². The molecule has 1 aliphatic rings. The topological polar surface area (TPSA) is 374 Å². The minimum Gasteiger partial charge on any atom is -0.508 e. The molecule has 1 aliphatic heterocycles. The quantitative estimate of drug-likeness (QED) is 0.0664. The smallest absolute Gasteiger partial charge is 0.243 e. The van der Waals surface area contributed by atoms with E-state index in [2.05, 4.69) is 37.4 Å². The molecule has 0 radical (unpaired) electrons. The first kappa shape index (κ1) is 60.3. The van der Waals surface area contributed by atoms with Gasteiger partial charge in [-0.2, -0.15) is 11.8 Å². The molecule has 0 aliphatic carbocycles. The van der Waals surface area contributed by atoms with Crippen molar-refractivity contribution in [2.24, 2.45) is 29.0 Å². The van der Waals surface area contributed by atoms with E-state index < -0.39 is 145 Å². The molecule has 1 fully saturated rings. The van der Waals surface area contributed by atoms with Crippen LogP contribution in [0.4, 0.5) is 4.39 Å². The molecule has 14 N–H and O–H groups in total. The Hall–Kier alpha value is -6.99. The van der Waals surface area contributed by atoms with E-state index in [4.69, 9.17) is 17.2 Å². The molecule has 2 aromatic rings. The number of Topliss-reactive ketones (excluding diaryl/α,β-unsaturated/α-hetero) is 2. The molecule has 7 atom stereocenters. The molecule has 0 saturated carbocycles. The molecular formula is C48H68FN11O12S. The molecule has 2 aromatic carbocycles. The van der Waals surface area contributed by atoms with Crippen molar-refractivity contribution in [3.63, 3.8) is 0 Å². The van der Waals surface area contributed by atoms with E-state index >= 15 is 0 Å². The number of primary amides is 3. The van der Waals surface area contributed by atoms with Gasteiger partial charge in [0, 0.05) is 31.6 Å². The Morgan fingerprint density at radius 2 is 1.44 bits per heavy atom. The molecule has 0 unspecified atom stereocenters. The molecule has 0 aromatic heterocycles. The summed E-state index contributed by atoms with van der Waals surface area (Å²) in [5, 5.41) is 22.7. The molecule has 1 saturated heterocycles. The molecule has 25 heteroatoms. The largest absolute Gasteiger partial charge is 0.508 e. The van der Waals surface area contributed by atoms with Crippen molar-refractivity contribution in [1.29, 1.82) is 0 Å². The van der Waals surface area contributed by atoms with E-state index in [1.54, 1.807) is 39.8 Å². The number of phenolic OH excluding ortho intramolecular Hbond substituents is 1. The molecule has 3 rings (SSSR count). The Bertz CT molecular complexity index is 2290. The highest BCUT2D eigenvalue weighted by atomic mass is 32.2. The summed E-state index contributed by atoms with van der Waals surface area (Å²) in [5.74, 6) is -11.1. The maximum absolute atomic E-state index is 14.8. The lowest BCUT2D eigenvalue weighted by Gasteiger charge is -2.30. The number of carbonyl (C=O) groups excluding carboxylic acids is 11. The van der Waals surface area contributed by atoms with Crippen molar-refractivity contribution >= 4 is 76.5 Å². The molecule has 23 nitrogen and oxygen atoms in total. The minimum absolute atomic E-state index is 0.0456. The number of nitrogens with one attached hydrogen (secondary N) is 7. The zero-order chi connectivity index (χ0) is 54.4. The van der Waals surface area contributed by atoms with Crippen LogP contribution in [0.25, 0.3) is 0 Å². The van der Waals surface area contributed by atoms with E-state index in [-0.39, 0.29) is 55.4 Å². The van der Waals surface area contributed by atoms with Crippen LogP contribution < -0.4 is 54.6 Å². The average molecular weight is 1040 g/mol. The van der Waals surface area contributed by atoms with Crippen LogP contribution in [0.3, 0.4) is 0 Å². The fourth-order valence-electron chi connectivity index (χ4n) is 7.45. The van der Waals surface area contributed by atoms with E-state index in [9.17, 15) is 62.2 Å². The minimum atomic E-state index is -1.80. The van der Waals surface area contributed by atoms with Crippen LogP contribution >= 0.6 is 11.8 Å². The van der Waals surface area contributed by atoms with Gasteiger partial charge < -0.3 is 53.8 Å². The van der Waals surface area contributed by atoms with Gasteiger partial charge in [0.2, 0.25) is 64.7 Å². The average Bonchev–Trinajstić information content (AvgIpc) is 3.33. The number of thioether (sulfide) groups is 1. The number of rotatable bonds is 20. The van der Waals surface area contributed by atoms with Gasteiger partial charge in [-0.3, -0.25) is 52.7 Å². The summed E-state index contributed by atoms with van der Waals surface area (Å²) in [7, 11) is 0. The van der Waals surface area contributed by atoms with Gasteiger partial charge >= 0.3 is 0 Å². The summed E-state index contributed by atoms with van der Waals surface area (Å²) in [6.45, 7) is 5.44. The summed E-state index contributed by atoms with van der Waals surface area (Å²) in [6, 6.07) is 2.16. The Balaban J connectivity index is 2.11. The lowest BCUT2D eigenvalue weighted by molar-refractivity contribution is -0.142. The van der Waals surface area contributed by atoms with Crippen molar-refractivity contribution in [1.82, 2.24) is 42.3 Å². The maximum Gasteiger partial charge on any atom is 0.243 e. The Morgan fingerprint density at radius 1 is 0.795 bits per heavy atom. The lowest BCUT2D eigenvalue weighted by atomic mass is 9.94. The third-order valence-corrected chi connectivity index (χ3v) is 12.6. The normalized spacial score (nSPS) is 20.6. The van der Waals surface area contributed by atoms with Gasteiger partial charge in [0.25, 0.3) is 0 Å². The maximum atomic E-state index is 14.8. The fourth-order valence-corrected chi connectivity index (χ4v) is 8.39. The molecule has 400 valence electrons. The van der Waals surface area contributed by atoms with Crippen molar-refractivity contribution in [3.05, 3.63) is 65.5 Å². The Kier molecular flexibility index (Phi) is 24.9. The first-order valence-electron chi connectivity index (χ1n) is 23.8. The van der Waals surface area contributed by atoms with Gasteiger partial charge in [0.1, 0.15) is 35.7 Å². The number of phenols is 1. The second-order valence-corrected chi connectivity index (χ2v) is 19.4. The van der Waals surface area contributed by atoms with Crippen LogP contribution in [0.5, 0.6) is 5.75 Å². The summed E-state index contributed by atoms with van der Waals surface area (Å²) in [6.07, 6.45) is -1.71. The number of nitrogens with zero attached hydrogens (tertiary/aromatic N) is 1. The second kappa shape index (κ2) is 30.1. The van der Waals surface area contributed by atoms with Gasteiger partial charge in [-0.1, -0.05) is 58.4 Å². The van der Waals surface area contributed by atoms with Crippen molar-refractivity contribution in [2.75, 3.05) is 24.6 Å². The van der Waals surface area contributed by atoms with Crippen LogP contribution in [-0.4, -0.2) is 136 Å². The summed E-state index contributed by atoms with van der Waals surface area (Å²) in [4.78, 5) is 149. The third-order valence-electron chi connectivity index (χ3n) is 11.6. The number of hydrogen-bond donors (Lipinski definition) is 11. The Labute approximate surface area is 426 Å². The van der Waals surface area contributed by atoms with Gasteiger partial charge in [-0.05, 0) is 72.2 Å². The standard InChI is InChI=1S/C48H68FN11O12S/c1-5-27(4)42-47(71)56-32(14-15-37(50)62)43(67)44(68)34(22-38(51)63)59-58-33(16-18-73-19-17-40(65)54-36(46(70)57-42)21-28-8-12-31(61)13-9-28)48(72)60(24-29-6-10-30(49)11-7-29)25-41(66)55-35(20-26(2)3)45(69)53-23-39(52)64/h6-13,26-27,32-36,42,58-59,61H,5,14-25H2,1-4H3,(H2,50,62)(H2,51,63)(H2,52,64)(H,53,69)(H,54,65)(H,55,66)(H,56,71)(H,57,70)/t27-,32-,33-,34-,35-,36-,42-/m0/s1. The number of hydrazine groups is 1. The van der Waals surface area contributed by atoms with E-state index in [1.165, 1.54) is 36.0 Å². The Morgan fingerprint density at radius 3 is 2.04 bits per heavy atom. The lowest BCUT2D eigenvalue weighted by Crippen LogP contribution is -2.61. The second-order valence-electron chi connectivity index (χ2n) is 18.1. The molecule has 0 bridgehead atoms. The van der Waals surface area contributed by atoms with Crippen LogP contribution in [0, 0.1) is 17.7 Å². The molecule has 1 heterocycles. The van der Waals surface area contributed by atoms with Gasteiger partial charge in [0.15, 0.2) is 0 Å². The SMILES string of the molecule is CC[C@H](C)[C@@H]1NC(=O)[C@H](Cc2ccc(O)cc2)NC(=O)CCSCC[C@@H](C(=O)N(CC(=O)N[C@@H](CC(C)C)C(=O)NCC(N)=O)Cc2ccc(F)cc2)NN[C@@H](CC(N)=O)C(=O)C(=O)[C@H](CCC(N)=O)NC1=O. The van der Waals surface area contributed by atoms with Gasteiger partial charge in [0.05, 0.1) is 31.6 Å². The number of ketones is 2. The number of halogens is 1. The van der Waals surface area contributed by atoms with Crippen molar-refractivity contribution in [2.45, 2.75) is 122 Å². The zero-order valence-electron chi connectivity index (χ0n) is 41.3. The number of aromatic hydroxyl groups is 1. The summed E-state index contributed by atoms with van der Waals surface area (Å²) < 4.78 is 14.0. The number of benzene rings is 2. The zero-order valence-corrected chi connectivity index (χ0v) is 42.1. The van der Waals surface area contributed by atoms with Crippen LogP contribution in [0.1, 0.15) is 83.8 Å². The molecule has 0 spiro atoms. The fraction of sp³-hybridized carbons (Fsp3) is 0.521. The molecule has 73 heavy (non-hydrogen) atoms. The first-order chi connectivity index (χ1) is 34.5. The van der Waals surface area contributed by atoms with E-state index in [0.717, 1.165) is 17.0 Å². The van der Waals surface area contributed by atoms with Crippen LogP contribution in [-0.2, 0) is 65.7 Å². The van der Waals surface area contributed by atoms with Crippen LogP contribution in [0.15, 0.2) is 48.5 Å². The molecule has 9 amide bonds. The number of nitrogens with two attached hydrogens (primary N) is 3. The number of hydrogen-bond acceptors (Lipinski definition) is 15. The van der Waals surface area contributed by atoms with Crippen molar-refractivity contribution < 1.29 is 62.2 Å². The highest BCUT2D eigenvalue weighted by molar-refractivity contribution is 7.99. The van der Waals surface area contributed by atoms with Gasteiger partial charge in [-0.15, -0.1) is 0 Å². The highest BCUT2D eigenvalue weighted by Gasteiger charge is 2.38. The summed E-state index contributed by atoms with van der Waals surface area (Å²) in [5.41, 5.74) is 22.3. The van der Waals surface area contributed by atoms with Crippen LogP contribution in [0.2, 0.25) is 0 Å². The van der Waals surface area contributed by atoms with Gasteiger partial charge in [-0.25, -0.2) is 15.2 Å². The predicted octanol–water partition coefficient (Wildman–Crippen LogP) is -1.63. The van der Waals surface area contributed by atoms with Crippen molar-refractivity contribution in [3.8, 4) is 5.75 Å².